The zero-order valence-corrected chi connectivity index (χ0v) is 9.05. The van der Waals surface area contributed by atoms with Gasteiger partial charge in [0.25, 0.3) is 0 Å². The molecule has 0 radical (unpaired) electrons. The van der Waals surface area contributed by atoms with Crippen LogP contribution in [-0.2, 0) is 4.79 Å². The van der Waals surface area contributed by atoms with Gasteiger partial charge in [-0.15, -0.1) is 10.2 Å². The molecule has 1 aromatic heterocycles. The first kappa shape index (κ1) is 9.92. The van der Waals surface area contributed by atoms with Crippen molar-refractivity contribution in [2.75, 3.05) is 0 Å². The van der Waals surface area contributed by atoms with Crippen molar-refractivity contribution in [3.63, 3.8) is 0 Å². The molecule has 4 nitrogen and oxygen atoms in total. The third-order valence-electron chi connectivity index (χ3n) is 2.36. The molecule has 1 saturated carbocycles. The molecule has 1 aliphatic carbocycles. The van der Waals surface area contributed by atoms with Gasteiger partial charge in [0.1, 0.15) is 5.51 Å². The van der Waals surface area contributed by atoms with E-state index >= 15 is 0 Å². The molecular weight excluding hydrogens is 220 g/mol. The SMILES string of the molecule is O=C(O)C1CCCC1Sc1nncs1. The standard InChI is InChI=1S/C8H10N2O2S2/c11-7(12)5-2-1-3-6(5)14-8-10-9-4-13-8/h4-6H,1-3H2,(H,11,12). The molecule has 0 aliphatic heterocycles. The lowest BCUT2D eigenvalue weighted by atomic mass is 10.1. The number of rotatable bonds is 3. The van der Waals surface area contributed by atoms with E-state index < -0.39 is 5.97 Å². The maximum absolute atomic E-state index is 10.9. The molecule has 1 fully saturated rings. The summed E-state index contributed by atoms with van der Waals surface area (Å²) in [5.74, 6) is -0.881. The van der Waals surface area contributed by atoms with Crippen LogP contribution in [0.3, 0.4) is 0 Å². The fourth-order valence-electron chi connectivity index (χ4n) is 1.69. The van der Waals surface area contributed by atoms with E-state index in [9.17, 15) is 4.79 Å². The van der Waals surface area contributed by atoms with Crippen LogP contribution in [0.5, 0.6) is 0 Å². The van der Waals surface area contributed by atoms with Crippen molar-refractivity contribution in [3.8, 4) is 0 Å². The monoisotopic (exact) mass is 230 g/mol. The van der Waals surface area contributed by atoms with Gasteiger partial charge in [-0.05, 0) is 12.8 Å². The Balaban J connectivity index is 2.00. The van der Waals surface area contributed by atoms with Crippen LogP contribution in [0.25, 0.3) is 0 Å². The van der Waals surface area contributed by atoms with Gasteiger partial charge in [0, 0.05) is 5.25 Å². The summed E-state index contributed by atoms with van der Waals surface area (Å²) < 4.78 is 0.878. The third kappa shape index (κ3) is 2.06. The number of aliphatic carboxylic acids is 1. The molecule has 2 atom stereocenters. The highest BCUT2D eigenvalue weighted by Crippen LogP contribution is 2.39. The number of aromatic nitrogens is 2. The van der Waals surface area contributed by atoms with Crippen molar-refractivity contribution in [1.82, 2.24) is 10.2 Å². The Morgan fingerprint density at radius 1 is 1.64 bits per heavy atom. The molecule has 0 spiro atoms. The van der Waals surface area contributed by atoms with Gasteiger partial charge >= 0.3 is 5.97 Å². The number of nitrogens with zero attached hydrogens (tertiary/aromatic N) is 2. The van der Waals surface area contributed by atoms with E-state index in [2.05, 4.69) is 10.2 Å². The summed E-state index contributed by atoms with van der Waals surface area (Å²) in [6.07, 6.45) is 2.78. The maximum Gasteiger partial charge on any atom is 0.307 e. The third-order valence-corrected chi connectivity index (χ3v) is 4.57. The molecular formula is C8H10N2O2S2. The molecule has 1 heterocycles. The van der Waals surface area contributed by atoms with Crippen molar-refractivity contribution in [2.24, 2.45) is 5.92 Å². The predicted molar refractivity (Wildman–Crippen MR) is 54.5 cm³/mol. The molecule has 14 heavy (non-hydrogen) atoms. The summed E-state index contributed by atoms with van der Waals surface area (Å²) in [6.45, 7) is 0. The number of carboxylic acid groups (broad SMARTS) is 1. The second-order valence-corrected chi connectivity index (χ2v) is 5.56. The Morgan fingerprint density at radius 3 is 3.14 bits per heavy atom. The van der Waals surface area contributed by atoms with Gasteiger partial charge in [0.05, 0.1) is 5.92 Å². The molecule has 0 aromatic carbocycles. The van der Waals surface area contributed by atoms with Crippen molar-refractivity contribution in [3.05, 3.63) is 5.51 Å². The van der Waals surface area contributed by atoms with E-state index in [1.807, 2.05) is 0 Å². The Hall–Kier alpha value is -0.620. The lowest BCUT2D eigenvalue weighted by molar-refractivity contribution is -0.141. The van der Waals surface area contributed by atoms with Crippen LogP contribution in [0, 0.1) is 5.92 Å². The molecule has 1 aliphatic rings. The molecule has 0 saturated heterocycles. The highest BCUT2D eigenvalue weighted by Gasteiger charge is 2.34. The Labute approximate surface area is 89.7 Å². The van der Waals surface area contributed by atoms with Crippen molar-refractivity contribution < 1.29 is 9.90 Å². The zero-order chi connectivity index (χ0) is 9.97. The fourth-order valence-corrected chi connectivity index (χ4v) is 3.75. The number of carbonyl (C=O) groups is 1. The first-order valence-corrected chi connectivity index (χ1v) is 6.19. The zero-order valence-electron chi connectivity index (χ0n) is 7.42. The van der Waals surface area contributed by atoms with Crippen molar-refractivity contribution >= 4 is 29.1 Å². The molecule has 1 N–H and O–H groups in total. The van der Waals surface area contributed by atoms with Crippen LogP contribution >= 0.6 is 23.1 Å². The molecule has 2 rings (SSSR count). The maximum atomic E-state index is 10.9. The fraction of sp³-hybridized carbons (Fsp3) is 0.625. The van der Waals surface area contributed by atoms with Gasteiger partial charge < -0.3 is 5.11 Å². The van der Waals surface area contributed by atoms with E-state index in [1.165, 1.54) is 11.3 Å². The van der Waals surface area contributed by atoms with Crippen LogP contribution in [0.1, 0.15) is 19.3 Å². The van der Waals surface area contributed by atoms with E-state index in [0.29, 0.717) is 0 Å². The number of hydrogen-bond donors (Lipinski definition) is 1. The quantitative estimate of drug-likeness (QED) is 0.859. The van der Waals surface area contributed by atoms with E-state index in [0.717, 1.165) is 23.6 Å². The average molecular weight is 230 g/mol. The predicted octanol–water partition coefficient (Wildman–Crippen LogP) is 1.88. The summed E-state index contributed by atoms with van der Waals surface area (Å²) in [5.41, 5.74) is 1.67. The van der Waals surface area contributed by atoms with Gasteiger partial charge in [-0.1, -0.05) is 29.5 Å². The molecule has 1 aromatic rings. The largest absolute Gasteiger partial charge is 0.481 e. The highest BCUT2D eigenvalue weighted by atomic mass is 32.2. The minimum absolute atomic E-state index is 0.181. The normalized spacial score (nSPS) is 26.6. The van der Waals surface area contributed by atoms with E-state index in [1.54, 1.807) is 17.3 Å². The highest BCUT2D eigenvalue weighted by molar-refractivity contribution is 8.01. The lowest BCUT2D eigenvalue weighted by Gasteiger charge is -2.12. The number of hydrogen-bond acceptors (Lipinski definition) is 5. The Kier molecular flexibility index (Phi) is 3.02. The smallest absolute Gasteiger partial charge is 0.307 e. The summed E-state index contributed by atoms with van der Waals surface area (Å²) in [7, 11) is 0. The van der Waals surface area contributed by atoms with Gasteiger partial charge in [0.2, 0.25) is 0 Å². The molecule has 0 bridgehead atoms. The topological polar surface area (TPSA) is 63.1 Å². The summed E-state index contributed by atoms with van der Waals surface area (Å²) in [4.78, 5) is 10.9. The van der Waals surface area contributed by atoms with Crippen LogP contribution in [0.15, 0.2) is 9.85 Å². The number of carboxylic acids is 1. The summed E-state index contributed by atoms with van der Waals surface area (Å²) >= 11 is 3.03. The minimum Gasteiger partial charge on any atom is -0.481 e. The van der Waals surface area contributed by atoms with Crippen molar-refractivity contribution in [2.45, 2.75) is 28.9 Å². The second-order valence-electron chi connectivity index (χ2n) is 3.24. The lowest BCUT2D eigenvalue weighted by Crippen LogP contribution is -2.19. The first-order valence-electron chi connectivity index (χ1n) is 4.43. The Bertz CT molecular complexity index is 315. The van der Waals surface area contributed by atoms with E-state index in [-0.39, 0.29) is 11.2 Å². The van der Waals surface area contributed by atoms with Crippen LogP contribution in [-0.4, -0.2) is 26.5 Å². The molecule has 6 heteroatoms. The van der Waals surface area contributed by atoms with Gasteiger partial charge in [-0.3, -0.25) is 4.79 Å². The minimum atomic E-state index is -0.676. The summed E-state index contributed by atoms with van der Waals surface area (Å²) in [5, 5.41) is 16.8. The van der Waals surface area contributed by atoms with Crippen LogP contribution in [0.2, 0.25) is 0 Å². The first-order chi connectivity index (χ1) is 6.77. The number of thioether (sulfide) groups is 1. The second kappa shape index (κ2) is 4.27. The van der Waals surface area contributed by atoms with E-state index in [4.69, 9.17) is 5.11 Å². The van der Waals surface area contributed by atoms with Crippen LogP contribution < -0.4 is 0 Å². The van der Waals surface area contributed by atoms with Gasteiger partial charge in [-0.2, -0.15) is 0 Å². The molecule has 76 valence electrons. The van der Waals surface area contributed by atoms with Gasteiger partial charge in [-0.25, -0.2) is 0 Å². The van der Waals surface area contributed by atoms with Crippen molar-refractivity contribution in [1.29, 1.82) is 0 Å². The average Bonchev–Trinajstić information content (AvgIpc) is 2.75. The Morgan fingerprint density at radius 2 is 2.50 bits per heavy atom. The summed E-state index contributed by atoms with van der Waals surface area (Å²) in [6, 6.07) is 0. The molecule has 2 unspecified atom stereocenters. The van der Waals surface area contributed by atoms with Crippen LogP contribution in [0.4, 0.5) is 0 Å². The molecule has 0 amide bonds. The van der Waals surface area contributed by atoms with Gasteiger partial charge in [0.15, 0.2) is 4.34 Å².